The minimum atomic E-state index is -0.0124. The maximum absolute atomic E-state index is 13.6. The van der Waals surface area contributed by atoms with Gasteiger partial charge in [-0.3, -0.25) is 14.2 Å². The molecule has 1 amide bonds. The summed E-state index contributed by atoms with van der Waals surface area (Å²) in [5.74, 6) is 0.276. The average Bonchev–Trinajstić information content (AvgIpc) is 3.45. The quantitative estimate of drug-likeness (QED) is 0.305. The first-order chi connectivity index (χ1) is 16.4. The summed E-state index contributed by atoms with van der Waals surface area (Å²) >= 11 is 2.92. The van der Waals surface area contributed by atoms with E-state index in [-0.39, 0.29) is 29.4 Å². The van der Waals surface area contributed by atoms with Crippen LogP contribution in [0.3, 0.4) is 0 Å². The Kier molecular flexibility index (Phi) is 8.11. The van der Waals surface area contributed by atoms with Crippen molar-refractivity contribution in [2.24, 2.45) is 0 Å². The maximum Gasteiger partial charge on any atom is 0.263 e. The molecule has 0 spiro atoms. The number of hydrogen-bond acceptors (Lipinski definition) is 6. The van der Waals surface area contributed by atoms with Crippen LogP contribution in [0.5, 0.6) is 0 Å². The zero-order valence-corrected chi connectivity index (χ0v) is 22.0. The van der Waals surface area contributed by atoms with Crippen LogP contribution < -0.4 is 5.56 Å². The van der Waals surface area contributed by atoms with E-state index in [2.05, 4.69) is 13.8 Å². The van der Waals surface area contributed by atoms with Crippen LogP contribution in [-0.4, -0.2) is 44.9 Å². The van der Waals surface area contributed by atoms with E-state index in [4.69, 9.17) is 9.72 Å². The molecule has 0 aliphatic carbocycles. The van der Waals surface area contributed by atoms with Gasteiger partial charge in [0.15, 0.2) is 5.16 Å². The lowest BCUT2D eigenvalue weighted by atomic mass is 10.1. The highest BCUT2D eigenvalue weighted by Gasteiger charge is 2.24. The Bertz CT molecular complexity index is 1200. The number of thiophene rings is 1. The minimum Gasteiger partial charge on any atom is -0.376 e. The molecule has 1 aliphatic rings. The summed E-state index contributed by atoms with van der Waals surface area (Å²) in [6, 6.07) is 10.1. The van der Waals surface area contributed by atoms with Gasteiger partial charge < -0.3 is 9.64 Å². The van der Waals surface area contributed by atoms with Gasteiger partial charge in [0.2, 0.25) is 5.91 Å². The van der Waals surface area contributed by atoms with Crippen molar-refractivity contribution in [1.29, 1.82) is 0 Å². The van der Waals surface area contributed by atoms with Gasteiger partial charge in [0.25, 0.3) is 5.56 Å². The predicted molar refractivity (Wildman–Crippen MR) is 140 cm³/mol. The third-order valence-corrected chi connectivity index (χ3v) is 8.31. The van der Waals surface area contributed by atoms with Gasteiger partial charge in [-0.05, 0) is 51.2 Å². The van der Waals surface area contributed by atoms with Crippen LogP contribution >= 0.6 is 23.1 Å². The van der Waals surface area contributed by atoms with Gasteiger partial charge in [-0.1, -0.05) is 49.0 Å². The Labute approximate surface area is 209 Å². The third-order valence-electron chi connectivity index (χ3n) is 6.31. The van der Waals surface area contributed by atoms with E-state index in [1.165, 1.54) is 11.8 Å². The SMILES string of the molecule is CCc1c(C)sc2nc(SCC(=O)N(Cc3ccccc3)C(C)C)n(CC3CCCO3)c(=O)c12. The zero-order chi connectivity index (χ0) is 24.2. The number of rotatable bonds is 9. The smallest absolute Gasteiger partial charge is 0.263 e. The van der Waals surface area contributed by atoms with Crippen molar-refractivity contribution < 1.29 is 9.53 Å². The summed E-state index contributed by atoms with van der Waals surface area (Å²) < 4.78 is 7.58. The lowest BCUT2D eigenvalue weighted by Crippen LogP contribution is -2.37. The Balaban J connectivity index is 1.61. The Hall–Kier alpha value is -2.16. The molecule has 2 aromatic heterocycles. The molecular weight excluding hydrogens is 466 g/mol. The summed E-state index contributed by atoms with van der Waals surface area (Å²) in [5, 5.41) is 1.33. The topological polar surface area (TPSA) is 64.4 Å². The van der Waals surface area contributed by atoms with Crippen molar-refractivity contribution in [3.05, 3.63) is 56.7 Å². The number of thioether (sulfide) groups is 1. The van der Waals surface area contributed by atoms with Gasteiger partial charge >= 0.3 is 0 Å². The molecule has 1 saturated heterocycles. The molecule has 4 rings (SSSR count). The Morgan fingerprint density at radius 1 is 1.32 bits per heavy atom. The normalized spacial score (nSPS) is 16.0. The summed E-state index contributed by atoms with van der Waals surface area (Å²) in [4.78, 5) is 35.5. The molecule has 3 heterocycles. The number of carbonyl (C=O) groups is 1. The second-order valence-corrected chi connectivity index (χ2v) is 11.2. The number of nitrogens with zero attached hydrogens (tertiary/aromatic N) is 3. The lowest BCUT2D eigenvalue weighted by Gasteiger charge is -2.27. The molecule has 3 aromatic rings. The predicted octanol–water partition coefficient (Wildman–Crippen LogP) is 5.04. The summed E-state index contributed by atoms with van der Waals surface area (Å²) in [5.41, 5.74) is 2.17. The van der Waals surface area contributed by atoms with Crippen LogP contribution in [0, 0.1) is 6.92 Å². The molecular formula is C26H33N3O3S2. The van der Waals surface area contributed by atoms with Crippen molar-refractivity contribution in [2.75, 3.05) is 12.4 Å². The minimum absolute atomic E-state index is 0.0124. The molecule has 1 atom stereocenters. The van der Waals surface area contributed by atoms with Crippen molar-refractivity contribution >= 4 is 39.2 Å². The third kappa shape index (κ3) is 5.39. The van der Waals surface area contributed by atoms with Gasteiger partial charge in [-0.25, -0.2) is 4.98 Å². The fraction of sp³-hybridized carbons (Fsp3) is 0.500. The summed E-state index contributed by atoms with van der Waals surface area (Å²) in [6.45, 7) is 9.97. The Morgan fingerprint density at radius 2 is 2.09 bits per heavy atom. The number of ether oxygens (including phenoxy) is 1. The largest absolute Gasteiger partial charge is 0.376 e. The van der Waals surface area contributed by atoms with Gasteiger partial charge in [-0.15, -0.1) is 11.3 Å². The summed E-state index contributed by atoms with van der Waals surface area (Å²) in [7, 11) is 0. The molecule has 1 fully saturated rings. The molecule has 0 bridgehead atoms. The van der Waals surface area contributed by atoms with Crippen molar-refractivity contribution in [2.45, 2.75) is 77.3 Å². The van der Waals surface area contributed by atoms with Crippen molar-refractivity contribution in [3.8, 4) is 0 Å². The monoisotopic (exact) mass is 499 g/mol. The zero-order valence-electron chi connectivity index (χ0n) is 20.4. The fourth-order valence-electron chi connectivity index (χ4n) is 4.47. The van der Waals surface area contributed by atoms with Crippen LogP contribution in [0.15, 0.2) is 40.3 Å². The van der Waals surface area contributed by atoms with Gasteiger partial charge in [-0.2, -0.15) is 0 Å². The van der Waals surface area contributed by atoms with Gasteiger partial charge in [0.1, 0.15) is 4.83 Å². The first kappa shape index (κ1) is 24.9. The van der Waals surface area contributed by atoms with E-state index in [1.54, 1.807) is 15.9 Å². The molecule has 0 radical (unpaired) electrons. The van der Waals surface area contributed by atoms with E-state index >= 15 is 0 Å². The van der Waals surface area contributed by atoms with Crippen LogP contribution in [0.2, 0.25) is 0 Å². The second-order valence-electron chi connectivity index (χ2n) is 9.01. The highest BCUT2D eigenvalue weighted by Crippen LogP contribution is 2.30. The molecule has 1 aromatic carbocycles. The average molecular weight is 500 g/mol. The highest BCUT2D eigenvalue weighted by molar-refractivity contribution is 7.99. The lowest BCUT2D eigenvalue weighted by molar-refractivity contribution is -0.130. The van der Waals surface area contributed by atoms with Gasteiger partial charge in [0.05, 0.1) is 23.8 Å². The number of aryl methyl sites for hydroxylation is 2. The standard InChI is InChI=1S/C26H33N3O3S2/c1-5-21-18(4)34-24-23(21)25(31)29(15-20-12-9-13-32-20)26(27-24)33-16-22(30)28(17(2)3)14-19-10-7-6-8-11-19/h6-8,10-11,17,20H,5,9,12-16H2,1-4H3. The number of hydrogen-bond donors (Lipinski definition) is 0. The molecule has 1 unspecified atom stereocenters. The number of carbonyl (C=O) groups excluding carboxylic acids is 1. The molecule has 6 nitrogen and oxygen atoms in total. The van der Waals surface area contributed by atoms with Crippen LogP contribution in [0.25, 0.3) is 10.2 Å². The van der Waals surface area contributed by atoms with E-state index in [0.29, 0.717) is 18.2 Å². The van der Waals surface area contributed by atoms with E-state index < -0.39 is 0 Å². The van der Waals surface area contributed by atoms with Gasteiger partial charge in [0, 0.05) is 24.1 Å². The van der Waals surface area contributed by atoms with E-state index in [0.717, 1.165) is 52.1 Å². The molecule has 34 heavy (non-hydrogen) atoms. The first-order valence-corrected chi connectivity index (χ1v) is 13.8. The molecule has 1 aliphatic heterocycles. The molecule has 182 valence electrons. The van der Waals surface area contributed by atoms with Crippen molar-refractivity contribution in [3.63, 3.8) is 0 Å². The highest BCUT2D eigenvalue weighted by atomic mass is 32.2. The van der Waals surface area contributed by atoms with Crippen LogP contribution in [0.4, 0.5) is 0 Å². The van der Waals surface area contributed by atoms with Crippen LogP contribution in [-0.2, 0) is 29.0 Å². The number of benzene rings is 1. The molecule has 0 N–H and O–H groups in total. The van der Waals surface area contributed by atoms with Crippen LogP contribution in [0.1, 0.15) is 49.6 Å². The number of fused-ring (bicyclic) bond motifs is 1. The number of aromatic nitrogens is 2. The first-order valence-electron chi connectivity index (χ1n) is 12.0. The van der Waals surface area contributed by atoms with Crippen molar-refractivity contribution in [1.82, 2.24) is 14.5 Å². The summed E-state index contributed by atoms with van der Waals surface area (Å²) in [6.07, 6.45) is 2.77. The molecule has 8 heteroatoms. The second kappa shape index (κ2) is 11.1. The number of amides is 1. The van der Waals surface area contributed by atoms with E-state index in [1.807, 2.05) is 49.1 Å². The fourth-order valence-corrected chi connectivity index (χ4v) is 6.52. The molecule has 0 saturated carbocycles. The van der Waals surface area contributed by atoms with E-state index in [9.17, 15) is 9.59 Å². The Morgan fingerprint density at radius 3 is 2.74 bits per heavy atom. The maximum atomic E-state index is 13.6.